The fourth-order valence-corrected chi connectivity index (χ4v) is 2.76. The van der Waals surface area contributed by atoms with Gasteiger partial charge in [-0.15, -0.1) is 21.8 Å². The summed E-state index contributed by atoms with van der Waals surface area (Å²) >= 11 is 6.05. The van der Waals surface area contributed by atoms with E-state index in [4.69, 9.17) is 11.6 Å². The van der Waals surface area contributed by atoms with Crippen LogP contribution >= 0.6 is 11.6 Å². The summed E-state index contributed by atoms with van der Waals surface area (Å²) < 4.78 is 37.3. The number of aromatic nitrogens is 2. The van der Waals surface area contributed by atoms with Crippen LogP contribution in [0.15, 0.2) is 12.1 Å². The number of nitrogens with one attached hydrogen (secondary N) is 1. The van der Waals surface area contributed by atoms with Gasteiger partial charge < -0.3 is 5.32 Å². The monoisotopic (exact) mass is 307 g/mol. The third-order valence-corrected chi connectivity index (χ3v) is 4.35. The average Bonchev–Trinajstić information content (AvgIpc) is 2.41. The Kier molecular flexibility index (Phi) is 4.42. The fraction of sp³-hybridized carbons (Fsp3) is 0.692. The van der Waals surface area contributed by atoms with Crippen LogP contribution in [0.2, 0.25) is 0 Å². The van der Waals surface area contributed by atoms with Crippen LogP contribution in [0, 0.1) is 5.92 Å². The first-order valence-corrected chi connectivity index (χ1v) is 7.13. The molecule has 7 heteroatoms. The Labute approximate surface area is 120 Å². The Morgan fingerprint density at radius 3 is 2.40 bits per heavy atom. The fourth-order valence-electron chi connectivity index (χ4n) is 2.43. The van der Waals surface area contributed by atoms with E-state index in [1.165, 1.54) is 6.07 Å². The lowest BCUT2D eigenvalue weighted by atomic mass is 9.78. The van der Waals surface area contributed by atoms with Gasteiger partial charge in [-0.1, -0.05) is 6.92 Å². The van der Waals surface area contributed by atoms with E-state index in [1.807, 2.05) is 0 Å². The van der Waals surface area contributed by atoms with Crippen LogP contribution in [0.4, 0.5) is 19.0 Å². The molecule has 0 spiro atoms. The molecule has 1 aromatic rings. The van der Waals surface area contributed by atoms with E-state index in [0.29, 0.717) is 17.6 Å². The van der Waals surface area contributed by atoms with Gasteiger partial charge in [0.15, 0.2) is 5.69 Å². The van der Waals surface area contributed by atoms with Crippen molar-refractivity contribution in [2.75, 3.05) is 11.2 Å². The molecule has 3 nitrogen and oxygen atoms in total. The second kappa shape index (κ2) is 5.76. The zero-order chi connectivity index (χ0) is 14.8. The first-order chi connectivity index (χ1) is 9.35. The third kappa shape index (κ3) is 3.53. The van der Waals surface area contributed by atoms with Gasteiger partial charge in [-0.25, -0.2) is 0 Å². The molecule has 0 radical (unpaired) electrons. The first-order valence-electron chi connectivity index (χ1n) is 6.60. The van der Waals surface area contributed by atoms with E-state index in [-0.39, 0.29) is 5.54 Å². The molecule has 1 heterocycles. The minimum Gasteiger partial charge on any atom is -0.362 e. The van der Waals surface area contributed by atoms with Crippen LogP contribution in [0.25, 0.3) is 0 Å². The molecule has 20 heavy (non-hydrogen) atoms. The lowest BCUT2D eigenvalue weighted by molar-refractivity contribution is -0.141. The molecule has 0 amide bonds. The van der Waals surface area contributed by atoms with Crippen molar-refractivity contribution in [3.05, 3.63) is 17.8 Å². The highest BCUT2D eigenvalue weighted by Gasteiger charge is 2.35. The summed E-state index contributed by atoms with van der Waals surface area (Å²) in [6, 6.07) is 2.24. The molecule has 0 aromatic carbocycles. The van der Waals surface area contributed by atoms with Crippen molar-refractivity contribution >= 4 is 17.4 Å². The Morgan fingerprint density at radius 2 is 1.95 bits per heavy atom. The topological polar surface area (TPSA) is 37.8 Å². The van der Waals surface area contributed by atoms with Gasteiger partial charge in [0, 0.05) is 5.88 Å². The molecule has 1 fully saturated rings. The second-order valence-electron chi connectivity index (χ2n) is 5.52. The van der Waals surface area contributed by atoms with Crippen molar-refractivity contribution in [1.82, 2.24) is 10.2 Å². The quantitative estimate of drug-likeness (QED) is 0.855. The molecule has 0 aliphatic heterocycles. The zero-order valence-corrected chi connectivity index (χ0v) is 11.9. The molecule has 0 bridgehead atoms. The minimum atomic E-state index is -4.46. The average molecular weight is 308 g/mol. The standard InChI is InChI=1S/C13H17ClF3N3/c1-9-4-6-12(8-14,7-5-9)18-11-3-2-10(19-20-11)13(15,16)17/h2-3,9H,4-8H2,1H3,(H,18,20). The van der Waals surface area contributed by atoms with Gasteiger partial charge in [0.1, 0.15) is 5.82 Å². The van der Waals surface area contributed by atoms with Crippen LogP contribution in [0.1, 0.15) is 38.3 Å². The smallest absolute Gasteiger partial charge is 0.362 e. The number of rotatable bonds is 3. The van der Waals surface area contributed by atoms with E-state index in [1.54, 1.807) is 0 Å². The Bertz CT molecular complexity index is 439. The van der Waals surface area contributed by atoms with Crippen molar-refractivity contribution in [2.24, 2.45) is 5.92 Å². The van der Waals surface area contributed by atoms with Gasteiger partial charge in [-0.3, -0.25) is 0 Å². The normalized spacial score (nSPS) is 27.4. The number of hydrogen-bond acceptors (Lipinski definition) is 3. The Balaban J connectivity index is 2.08. The maximum Gasteiger partial charge on any atom is 0.435 e. The van der Waals surface area contributed by atoms with Crippen molar-refractivity contribution in [1.29, 1.82) is 0 Å². The van der Waals surface area contributed by atoms with Crippen molar-refractivity contribution in [3.8, 4) is 0 Å². The minimum absolute atomic E-state index is 0.289. The highest BCUT2D eigenvalue weighted by atomic mass is 35.5. The molecule has 1 aliphatic carbocycles. The molecule has 112 valence electrons. The number of anilines is 1. The largest absolute Gasteiger partial charge is 0.435 e. The van der Waals surface area contributed by atoms with Gasteiger partial charge >= 0.3 is 6.18 Å². The lowest BCUT2D eigenvalue weighted by Crippen LogP contribution is -2.43. The lowest BCUT2D eigenvalue weighted by Gasteiger charge is -2.39. The van der Waals surface area contributed by atoms with E-state index in [9.17, 15) is 13.2 Å². The Morgan fingerprint density at radius 1 is 1.30 bits per heavy atom. The summed E-state index contributed by atoms with van der Waals surface area (Å²) in [7, 11) is 0. The summed E-state index contributed by atoms with van der Waals surface area (Å²) in [5.41, 5.74) is -1.28. The predicted molar refractivity (Wildman–Crippen MR) is 71.7 cm³/mol. The summed E-state index contributed by atoms with van der Waals surface area (Å²) in [6.45, 7) is 2.19. The molecule has 1 aromatic heterocycles. The maximum absolute atomic E-state index is 12.4. The SMILES string of the molecule is CC1CCC(CCl)(Nc2ccc(C(F)(F)F)nn2)CC1. The number of halogens is 4. The summed E-state index contributed by atoms with van der Waals surface area (Å²) in [6.07, 6.45) is -0.585. The molecule has 0 atom stereocenters. The van der Waals surface area contributed by atoms with E-state index in [0.717, 1.165) is 31.7 Å². The van der Waals surface area contributed by atoms with Gasteiger partial charge in [0.2, 0.25) is 0 Å². The molecule has 1 N–H and O–H groups in total. The molecule has 1 saturated carbocycles. The summed E-state index contributed by atoms with van der Waals surface area (Å²) in [5, 5.41) is 10.00. The highest BCUT2D eigenvalue weighted by Crippen LogP contribution is 2.35. The second-order valence-corrected chi connectivity index (χ2v) is 5.79. The van der Waals surface area contributed by atoms with E-state index >= 15 is 0 Å². The zero-order valence-electron chi connectivity index (χ0n) is 11.2. The molecule has 2 rings (SSSR count). The first kappa shape index (κ1) is 15.4. The van der Waals surface area contributed by atoms with Gasteiger partial charge in [-0.05, 0) is 43.7 Å². The van der Waals surface area contributed by atoms with Gasteiger partial charge in [-0.2, -0.15) is 13.2 Å². The number of alkyl halides is 4. The van der Waals surface area contributed by atoms with Gasteiger partial charge in [0.05, 0.1) is 5.54 Å². The van der Waals surface area contributed by atoms with E-state index in [2.05, 4.69) is 22.4 Å². The van der Waals surface area contributed by atoms with Crippen molar-refractivity contribution < 1.29 is 13.2 Å². The summed E-state index contributed by atoms with van der Waals surface area (Å²) in [4.78, 5) is 0. The predicted octanol–water partition coefficient (Wildman–Crippen LogP) is 4.10. The third-order valence-electron chi connectivity index (χ3n) is 3.84. The maximum atomic E-state index is 12.4. The van der Waals surface area contributed by atoms with Gasteiger partial charge in [0.25, 0.3) is 0 Å². The van der Waals surface area contributed by atoms with Crippen molar-refractivity contribution in [3.63, 3.8) is 0 Å². The van der Waals surface area contributed by atoms with E-state index < -0.39 is 11.9 Å². The highest BCUT2D eigenvalue weighted by molar-refractivity contribution is 6.18. The molecule has 0 unspecified atom stereocenters. The van der Waals surface area contributed by atoms with Crippen LogP contribution in [0.3, 0.4) is 0 Å². The van der Waals surface area contributed by atoms with Crippen molar-refractivity contribution in [2.45, 2.75) is 44.3 Å². The summed E-state index contributed by atoms with van der Waals surface area (Å²) in [5.74, 6) is 1.41. The molecular weight excluding hydrogens is 291 g/mol. The van der Waals surface area contributed by atoms with Crippen LogP contribution in [-0.4, -0.2) is 21.6 Å². The Hall–Kier alpha value is -1.04. The molecular formula is C13H17ClF3N3. The van der Waals surface area contributed by atoms with Crippen LogP contribution in [0.5, 0.6) is 0 Å². The van der Waals surface area contributed by atoms with Crippen LogP contribution < -0.4 is 5.32 Å². The van der Waals surface area contributed by atoms with Crippen LogP contribution in [-0.2, 0) is 6.18 Å². The molecule has 1 aliphatic rings. The number of hydrogen-bond donors (Lipinski definition) is 1. The number of nitrogens with zero attached hydrogens (tertiary/aromatic N) is 2. The molecule has 0 saturated heterocycles.